The van der Waals surface area contributed by atoms with Crippen molar-refractivity contribution in [3.05, 3.63) is 60.8 Å². The van der Waals surface area contributed by atoms with Gasteiger partial charge in [-0.25, -0.2) is 0 Å². The van der Waals surface area contributed by atoms with E-state index >= 15 is 0 Å². The first-order valence-corrected chi connectivity index (χ1v) is 26.1. The van der Waals surface area contributed by atoms with Crippen LogP contribution in [0.2, 0.25) is 0 Å². The van der Waals surface area contributed by atoms with Crippen molar-refractivity contribution in [2.75, 3.05) is 40.9 Å². The fraction of sp³-hybridized carbons (Fsp3) is 0.784. The van der Waals surface area contributed by atoms with Gasteiger partial charge in [-0.05, 0) is 57.8 Å². The maximum absolute atomic E-state index is 12.9. The molecule has 0 aromatic rings. The van der Waals surface area contributed by atoms with Crippen molar-refractivity contribution in [3.63, 3.8) is 0 Å². The highest BCUT2D eigenvalue weighted by Crippen LogP contribution is 2.38. The number of phosphoric acid groups is 1. The number of amides is 1. The van der Waals surface area contributed by atoms with Gasteiger partial charge in [0.25, 0.3) is 7.82 Å². The zero-order valence-electron chi connectivity index (χ0n) is 39.6. The molecule has 350 valence electrons. The van der Waals surface area contributed by atoms with E-state index in [1.807, 2.05) is 27.2 Å². The SMILES string of the molecule is CC/C=C\C/C=C\C/C=C\C/C=C\CCCCCCCCCCC(=O)NC(COP(=O)([O-])OCC[N+](C)(C)C)C(O)/C=C/CCCCCCCCCCCCCCCCC. The molecule has 3 atom stereocenters. The van der Waals surface area contributed by atoms with Crippen molar-refractivity contribution in [1.29, 1.82) is 0 Å². The molecule has 3 unspecified atom stereocenters. The Morgan fingerprint density at radius 2 is 1.02 bits per heavy atom. The summed E-state index contributed by atoms with van der Waals surface area (Å²) in [4.78, 5) is 25.4. The quantitative estimate of drug-likeness (QED) is 0.0273. The van der Waals surface area contributed by atoms with Gasteiger partial charge in [-0.3, -0.25) is 9.36 Å². The largest absolute Gasteiger partial charge is 0.756 e. The van der Waals surface area contributed by atoms with Gasteiger partial charge in [0.2, 0.25) is 5.91 Å². The van der Waals surface area contributed by atoms with Crippen molar-refractivity contribution >= 4 is 13.7 Å². The highest BCUT2D eigenvalue weighted by Gasteiger charge is 2.23. The van der Waals surface area contributed by atoms with Crippen LogP contribution >= 0.6 is 7.82 Å². The third kappa shape index (κ3) is 44.3. The average Bonchev–Trinajstić information content (AvgIpc) is 3.20. The molecule has 0 saturated heterocycles. The number of carbonyl (C=O) groups excluding carboxylic acids is 1. The number of aliphatic hydroxyl groups excluding tert-OH is 1. The van der Waals surface area contributed by atoms with Crippen molar-refractivity contribution in [3.8, 4) is 0 Å². The molecule has 60 heavy (non-hydrogen) atoms. The van der Waals surface area contributed by atoms with Crippen molar-refractivity contribution in [2.45, 2.75) is 219 Å². The smallest absolute Gasteiger partial charge is 0.268 e. The Balaban J connectivity index is 4.36. The Hall–Kier alpha value is -1.80. The summed E-state index contributed by atoms with van der Waals surface area (Å²) in [6.45, 7) is 4.53. The standard InChI is InChI=1S/C51H95N2O6P/c1-6-8-10-12-14-16-18-20-22-24-25-26-27-29-31-33-35-37-39-41-43-45-51(55)52-49(48-59-60(56,57)58-47-46-53(3,4)5)50(54)44-42-40-38-36-34-32-30-28-23-21-19-17-15-13-11-9-7-2/h8,10,14,16,20,22,25-26,42,44,49-50,54H,6-7,9,11-13,15,17-19,21,23-24,27-41,43,45-48H2,1-5H3,(H-,52,55,56,57)/b10-8-,16-14-,22-20-,26-25-,44-42+. The van der Waals surface area contributed by atoms with E-state index in [1.54, 1.807) is 6.08 Å². The number of allylic oxidation sites excluding steroid dienone is 9. The highest BCUT2D eigenvalue weighted by molar-refractivity contribution is 7.45. The minimum Gasteiger partial charge on any atom is -0.756 e. The van der Waals surface area contributed by atoms with Crippen molar-refractivity contribution in [2.24, 2.45) is 0 Å². The second kappa shape index (κ2) is 42.5. The summed E-state index contributed by atoms with van der Waals surface area (Å²) in [7, 11) is 1.25. The van der Waals surface area contributed by atoms with E-state index < -0.39 is 20.0 Å². The highest BCUT2D eigenvalue weighted by atomic mass is 31.2. The van der Waals surface area contributed by atoms with E-state index in [1.165, 1.54) is 109 Å². The second-order valence-corrected chi connectivity index (χ2v) is 19.2. The Bertz CT molecular complexity index is 1160. The first-order chi connectivity index (χ1) is 29.0. The van der Waals surface area contributed by atoms with Gasteiger partial charge in [-0.15, -0.1) is 0 Å². The summed E-state index contributed by atoms with van der Waals surface area (Å²) in [5.41, 5.74) is 0. The average molecular weight is 863 g/mol. The van der Waals surface area contributed by atoms with Gasteiger partial charge < -0.3 is 28.8 Å². The first-order valence-electron chi connectivity index (χ1n) is 24.7. The van der Waals surface area contributed by atoms with E-state index in [2.05, 4.69) is 67.8 Å². The number of aliphatic hydroxyl groups is 1. The predicted octanol–water partition coefficient (Wildman–Crippen LogP) is 13.6. The van der Waals surface area contributed by atoms with Crippen LogP contribution in [0.4, 0.5) is 0 Å². The zero-order valence-corrected chi connectivity index (χ0v) is 40.5. The molecule has 8 nitrogen and oxygen atoms in total. The number of hydrogen-bond acceptors (Lipinski definition) is 6. The number of nitrogens with zero attached hydrogens (tertiary/aromatic N) is 1. The molecule has 0 aliphatic rings. The fourth-order valence-corrected chi connectivity index (χ4v) is 7.57. The summed E-state index contributed by atoms with van der Waals surface area (Å²) in [6, 6.07) is -0.893. The number of hydrogen-bond donors (Lipinski definition) is 2. The number of phosphoric ester groups is 1. The molecular formula is C51H95N2O6P. The van der Waals surface area contributed by atoms with Crippen LogP contribution in [-0.4, -0.2) is 68.5 Å². The Labute approximate surface area is 371 Å². The molecule has 2 N–H and O–H groups in total. The van der Waals surface area contributed by atoms with Crippen LogP contribution in [0.3, 0.4) is 0 Å². The molecule has 1 amide bonds. The number of quaternary nitrogens is 1. The molecule has 0 radical (unpaired) electrons. The molecule has 0 spiro atoms. The Morgan fingerprint density at radius 3 is 1.48 bits per heavy atom. The van der Waals surface area contributed by atoms with E-state index in [-0.39, 0.29) is 19.1 Å². The third-order valence-corrected chi connectivity index (χ3v) is 11.7. The molecule has 0 fully saturated rings. The molecule has 9 heteroatoms. The fourth-order valence-electron chi connectivity index (χ4n) is 6.85. The molecule has 0 rings (SSSR count). The lowest BCUT2D eigenvalue weighted by atomic mass is 10.0. The monoisotopic (exact) mass is 863 g/mol. The zero-order chi connectivity index (χ0) is 44.3. The topological polar surface area (TPSA) is 108 Å². The summed E-state index contributed by atoms with van der Waals surface area (Å²) >= 11 is 0. The molecule has 0 heterocycles. The molecule has 0 aliphatic heterocycles. The lowest BCUT2D eigenvalue weighted by Crippen LogP contribution is -2.45. The van der Waals surface area contributed by atoms with Gasteiger partial charge in [-0.1, -0.05) is 203 Å². The molecule has 0 aromatic carbocycles. The first kappa shape index (κ1) is 58.2. The minimum atomic E-state index is -4.60. The van der Waals surface area contributed by atoms with Crippen LogP contribution in [0, 0.1) is 0 Å². The van der Waals surface area contributed by atoms with Crippen LogP contribution in [0.5, 0.6) is 0 Å². The predicted molar refractivity (Wildman–Crippen MR) is 256 cm³/mol. The van der Waals surface area contributed by atoms with Crippen LogP contribution < -0.4 is 10.2 Å². The van der Waals surface area contributed by atoms with Crippen molar-refractivity contribution < 1.29 is 32.9 Å². The maximum Gasteiger partial charge on any atom is 0.268 e. The Kier molecular flexibility index (Phi) is 41.2. The maximum atomic E-state index is 12.9. The molecular weight excluding hydrogens is 768 g/mol. The van der Waals surface area contributed by atoms with Gasteiger partial charge >= 0.3 is 0 Å². The number of likely N-dealkylation sites (N-methyl/N-ethyl adjacent to an activating group) is 1. The lowest BCUT2D eigenvalue weighted by Gasteiger charge is -2.29. The molecule has 0 aromatic heterocycles. The normalized spacial score (nSPS) is 14.7. The van der Waals surface area contributed by atoms with Gasteiger partial charge in [-0.2, -0.15) is 0 Å². The summed E-state index contributed by atoms with van der Waals surface area (Å²) in [5, 5.41) is 13.8. The van der Waals surface area contributed by atoms with Crippen LogP contribution in [0.15, 0.2) is 60.8 Å². The van der Waals surface area contributed by atoms with E-state index in [0.717, 1.165) is 77.0 Å². The number of rotatable bonds is 44. The van der Waals surface area contributed by atoms with Crippen LogP contribution in [0.1, 0.15) is 206 Å². The third-order valence-electron chi connectivity index (χ3n) is 10.7. The van der Waals surface area contributed by atoms with E-state index in [4.69, 9.17) is 9.05 Å². The lowest BCUT2D eigenvalue weighted by molar-refractivity contribution is -0.870. The van der Waals surface area contributed by atoms with Crippen LogP contribution in [-0.2, 0) is 18.4 Å². The number of carbonyl (C=O) groups is 1. The number of nitrogens with one attached hydrogen (secondary N) is 1. The van der Waals surface area contributed by atoms with Gasteiger partial charge in [0.1, 0.15) is 13.2 Å². The second-order valence-electron chi connectivity index (χ2n) is 17.8. The summed E-state index contributed by atoms with van der Waals surface area (Å²) < 4.78 is 23.3. The summed E-state index contributed by atoms with van der Waals surface area (Å²) in [6.07, 6.45) is 55.5. The number of unbranched alkanes of at least 4 members (excludes halogenated alkanes) is 23. The minimum absolute atomic E-state index is 0.00492. The van der Waals surface area contributed by atoms with E-state index in [9.17, 15) is 19.4 Å². The van der Waals surface area contributed by atoms with E-state index in [0.29, 0.717) is 17.4 Å². The van der Waals surface area contributed by atoms with Crippen molar-refractivity contribution in [1.82, 2.24) is 5.32 Å². The summed E-state index contributed by atoms with van der Waals surface area (Å²) in [5.74, 6) is -0.207. The Morgan fingerprint density at radius 1 is 0.600 bits per heavy atom. The molecule has 0 bridgehead atoms. The molecule has 0 saturated carbocycles. The van der Waals surface area contributed by atoms with Gasteiger partial charge in [0.05, 0.1) is 39.9 Å². The van der Waals surface area contributed by atoms with Crippen LogP contribution in [0.25, 0.3) is 0 Å². The van der Waals surface area contributed by atoms with Gasteiger partial charge in [0.15, 0.2) is 0 Å². The molecule has 0 aliphatic carbocycles. The van der Waals surface area contributed by atoms with Gasteiger partial charge in [0, 0.05) is 6.42 Å².